The van der Waals surface area contributed by atoms with Crippen molar-refractivity contribution in [2.75, 3.05) is 26.2 Å². The Morgan fingerprint density at radius 2 is 1.71 bits per heavy atom. The minimum atomic E-state index is -0.302. The van der Waals surface area contributed by atoms with Gasteiger partial charge in [0.15, 0.2) is 0 Å². The van der Waals surface area contributed by atoms with Crippen molar-refractivity contribution < 1.29 is 9.53 Å². The molecule has 2 heterocycles. The topological polar surface area (TPSA) is 32.8 Å². The Kier molecular flexibility index (Phi) is 5.22. The number of likely N-dealkylation sites (tertiary alicyclic amines) is 1. The fraction of sp³-hybridized carbons (Fsp3) is 0.542. The number of carbonyl (C=O) groups excluding carboxylic acids is 1. The molecular formula is C24H32N2O2. The van der Waals surface area contributed by atoms with E-state index in [1.807, 2.05) is 25.7 Å². The van der Waals surface area contributed by atoms with Crippen LogP contribution in [0.15, 0.2) is 42.1 Å². The molecule has 3 aliphatic rings. The first-order valence-electron chi connectivity index (χ1n) is 10.6. The Labute approximate surface area is 168 Å². The van der Waals surface area contributed by atoms with Gasteiger partial charge < -0.3 is 14.5 Å². The van der Waals surface area contributed by atoms with Crippen molar-refractivity contribution in [1.82, 2.24) is 9.80 Å². The van der Waals surface area contributed by atoms with Gasteiger partial charge in [0, 0.05) is 50.1 Å². The first kappa shape index (κ1) is 19.1. The Bertz CT molecular complexity index is 795. The van der Waals surface area contributed by atoms with E-state index in [9.17, 15) is 4.79 Å². The van der Waals surface area contributed by atoms with Crippen LogP contribution in [0.1, 0.15) is 44.7 Å². The van der Waals surface area contributed by atoms with Crippen LogP contribution in [0.25, 0.3) is 0 Å². The van der Waals surface area contributed by atoms with Gasteiger partial charge >= 0.3 is 0 Å². The van der Waals surface area contributed by atoms with Gasteiger partial charge in [-0.25, -0.2) is 0 Å². The van der Waals surface area contributed by atoms with Gasteiger partial charge in [-0.15, -0.1) is 0 Å². The molecule has 1 aromatic rings. The average Bonchev–Trinajstić information content (AvgIpc) is 2.82. The van der Waals surface area contributed by atoms with E-state index in [0.717, 1.165) is 57.6 Å². The van der Waals surface area contributed by atoms with Crippen LogP contribution in [0.5, 0.6) is 5.75 Å². The van der Waals surface area contributed by atoms with Crippen molar-refractivity contribution in [3.63, 3.8) is 0 Å². The molecule has 0 aromatic heterocycles. The largest absolute Gasteiger partial charge is 0.490 e. The molecule has 0 bridgehead atoms. The highest BCUT2D eigenvalue weighted by Crippen LogP contribution is 2.27. The smallest absolute Gasteiger partial charge is 0.227 e. The molecule has 0 N–H and O–H groups in total. The number of piperidine rings is 1. The summed E-state index contributed by atoms with van der Waals surface area (Å²) in [4.78, 5) is 16.9. The van der Waals surface area contributed by atoms with Crippen molar-refractivity contribution in [3.8, 4) is 5.75 Å². The highest BCUT2D eigenvalue weighted by molar-refractivity contribution is 5.81. The number of nitrogens with zero attached hydrogens (tertiary/aromatic N) is 2. The number of benzene rings is 1. The molecule has 4 heteroatoms. The molecule has 4 rings (SSSR count). The normalized spacial score (nSPS) is 20.2. The van der Waals surface area contributed by atoms with Gasteiger partial charge in [0.05, 0.1) is 0 Å². The van der Waals surface area contributed by atoms with Crippen LogP contribution in [0.2, 0.25) is 0 Å². The molecule has 1 saturated heterocycles. The van der Waals surface area contributed by atoms with Gasteiger partial charge in [-0.2, -0.15) is 0 Å². The second-order valence-electron chi connectivity index (χ2n) is 9.23. The summed E-state index contributed by atoms with van der Waals surface area (Å²) in [7, 11) is 0. The van der Waals surface area contributed by atoms with Crippen LogP contribution in [0.4, 0.5) is 0 Å². The summed E-state index contributed by atoms with van der Waals surface area (Å²) < 4.78 is 6.31. The molecule has 150 valence electrons. The van der Waals surface area contributed by atoms with Crippen LogP contribution in [0, 0.1) is 5.41 Å². The number of carbonyl (C=O) groups is 1. The molecule has 28 heavy (non-hydrogen) atoms. The first-order valence-corrected chi connectivity index (χ1v) is 10.6. The van der Waals surface area contributed by atoms with Crippen LogP contribution < -0.4 is 4.74 Å². The lowest BCUT2D eigenvalue weighted by atomic mass is 9.93. The van der Waals surface area contributed by atoms with Crippen molar-refractivity contribution in [1.29, 1.82) is 0 Å². The molecule has 0 atom stereocenters. The summed E-state index contributed by atoms with van der Waals surface area (Å²) in [5.74, 6) is 1.23. The maximum atomic E-state index is 12.5. The lowest BCUT2D eigenvalue weighted by Gasteiger charge is -2.35. The van der Waals surface area contributed by atoms with Crippen molar-refractivity contribution in [2.45, 2.75) is 52.6 Å². The third kappa shape index (κ3) is 4.11. The Balaban J connectivity index is 1.33. The van der Waals surface area contributed by atoms with E-state index in [4.69, 9.17) is 4.74 Å². The summed E-state index contributed by atoms with van der Waals surface area (Å²) >= 11 is 0. The Morgan fingerprint density at radius 3 is 2.32 bits per heavy atom. The summed E-state index contributed by atoms with van der Waals surface area (Å²) in [6, 6.07) is 6.62. The molecule has 2 aliphatic heterocycles. The minimum absolute atomic E-state index is 0.203. The van der Waals surface area contributed by atoms with Gasteiger partial charge in [0.25, 0.3) is 0 Å². The van der Waals surface area contributed by atoms with E-state index in [-0.39, 0.29) is 17.4 Å². The molecule has 1 aliphatic carbocycles. The summed E-state index contributed by atoms with van der Waals surface area (Å²) in [5, 5.41) is 0. The molecule has 1 amide bonds. The highest BCUT2D eigenvalue weighted by atomic mass is 16.5. The maximum Gasteiger partial charge on any atom is 0.227 e. The molecule has 4 nitrogen and oxygen atoms in total. The third-order valence-corrected chi connectivity index (χ3v) is 6.05. The number of hydrogen-bond acceptors (Lipinski definition) is 3. The van der Waals surface area contributed by atoms with Gasteiger partial charge in [0.1, 0.15) is 11.9 Å². The van der Waals surface area contributed by atoms with Crippen molar-refractivity contribution >= 4 is 5.91 Å². The highest BCUT2D eigenvalue weighted by Gasteiger charge is 2.31. The predicted molar refractivity (Wildman–Crippen MR) is 112 cm³/mol. The third-order valence-electron chi connectivity index (χ3n) is 6.05. The fourth-order valence-corrected chi connectivity index (χ4v) is 4.27. The standard InChI is InChI=1S/C24H32N2O2/c1-24(2,3)23(27)26-15-11-21(12-16-26)28-22-8-7-18-9-13-25(20-5-4-6-20)14-10-19(18)17-22/h4-8,17,21H,9-16H2,1-3H3. The van der Waals surface area contributed by atoms with E-state index in [1.165, 1.54) is 16.8 Å². The number of allylic oxidation sites excluding steroid dienone is 3. The van der Waals surface area contributed by atoms with Crippen LogP contribution in [0.3, 0.4) is 0 Å². The Morgan fingerprint density at radius 1 is 1.04 bits per heavy atom. The first-order chi connectivity index (χ1) is 13.4. The Hall–Kier alpha value is -2.23. The monoisotopic (exact) mass is 380 g/mol. The molecule has 0 saturated carbocycles. The van der Waals surface area contributed by atoms with Crippen molar-refractivity contribution in [2.24, 2.45) is 5.41 Å². The van der Waals surface area contributed by atoms with Gasteiger partial charge in [-0.05, 0) is 48.3 Å². The van der Waals surface area contributed by atoms with Gasteiger partial charge in [-0.3, -0.25) is 4.79 Å². The zero-order chi connectivity index (χ0) is 19.7. The lowest BCUT2D eigenvalue weighted by molar-refractivity contribution is -0.141. The molecule has 0 spiro atoms. The summed E-state index contributed by atoms with van der Waals surface area (Å²) in [6.45, 7) is 9.72. The summed E-state index contributed by atoms with van der Waals surface area (Å²) in [5.41, 5.74) is 3.93. The fourth-order valence-electron chi connectivity index (χ4n) is 4.27. The number of hydrogen-bond donors (Lipinski definition) is 0. The number of rotatable bonds is 3. The van der Waals surface area contributed by atoms with E-state index >= 15 is 0 Å². The van der Waals surface area contributed by atoms with E-state index in [0.29, 0.717) is 0 Å². The SMILES string of the molecule is CC(C)(C)C(=O)N1CCC(Oc2ccc3c(c2)CCN(C2=CC=C2)CC3)CC1. The predicted octanol–water partition coefficient (Wildman–Crippen LogP) is 3.96. The van der Waals surface area contributed by atoms with E-state index in [1.54, 1.807) is 0 Å². The van der Waals surface area contributed by atoms with Gasteiger partial charge in [0.2, 0.25) is 5.91 Å². The maximum absolute atomic E-state index is 12.5. The quantitative estimate of drug-likeness (QED) is 0.796. The molecule has 1 aromatic carbocycles. The van der Waals surface area contributed by atoms with Crippen LogP contribution in [-0.4, -0.2) is 48.0 Å². The van der Waals surface area contributed by atoms with Crippen LogP contribution in [-0.2, 0) is 17.6 Å². The van der Waals surface area contributed by atoms with E-state index in [2.05, 4.69) is 41.3 Å². The molecule has 0 unspecified atom stereocenters. The van der Waals surface area contributed by atoms with Crippen molar-refractivity contribution in [3.05, 3.63) is 53.3 Å². The zero-order valence-corrected chi connectivity index (χ0v) is 17.4. The van der Waals surface area contributed by atoms with Crippen LogP contribution >= 0.6 is 0 Å². The lowest BCUT2D eigenvalue weighted by Crippen LogP contribution is -2.46. The molecule has 1 fully saturated rings. The zero-order valence-electron chi connectivity index (χ0n) is 17.4. The minimum Gasteiger partial charge on any atom is -0.490 e. The second-order valence-corrected chi connectivity index (χ2v) is 9.23. The number of ether oxygens (including phenoxy) is 1. The summed E-state index contributed by atoms with van der Waals surface area (Å²) in [6.07, 6.45) is 10.7. The van der Waals surface area contributed by atoms with E-state index < -0.39 is 0 Å². The second kappa shape index (κ2) is 7.65. The number of fused-ring (bicyclic) bond motifs is 1. The molecule has 0 radical (unpaired) electrons. The molecular weight excluding hydrogens is 348 g/mol. The van der Waals surface area contributed by atoms with Gasteiger partial charge in [-0.1, -0.05) is 32.9 Å². The average molecular weight is 381 g/mol. The number of amides is 1.